The van der Waals surface area contributed by atoms with Gasteiger partial charge in [0.2, 0.25) is 0 Å². The summed E-state index contributed by atoms with van der Waals surface area (Å²) in [5.74, 6) is -0.431. The first-order valence-electron chi connectivity index (χ1n) is 6.05. The number of carbonyl (C=O) groups is 1. The number of nitrogens with one attached hydrogen (secondary N) is 1. The topological polar surface area (TPSA) is 75.3 Å². The summed E-state index contributed by atoms with van der Waals surface area (Å²) in [7, 11) is 0. The lowest BCUT2D eigenvalue weighted by molar-refractivity contribution is 0.102. The van der Waals surface area contributed by atoms with E-state index < -0.39 is 0 Å². The number of nitrogens with two attached hydrogens (primary N) is 1. The predicted molar refractivity (Wildman–Crippen MR) is 84.1 cm³/mol. The van der Waals surface area contributed by atoms with Crippen LogP contribution in [-0.2, 0) is 0 Å². The van der Waals surface area contributed by atoms with Gasteiger partial charge in [-0.2, -0.15) is 0 Å². The molecule has 1 amide bonds. The van der Waals surface area contributed by atoms with E-state index in [1.54, 1.807) is 18.2 Å². The van der Waals surface area contributed by atoms with Gasteiger partial charge in [-0.1, -0.05) is 11.6 Å². The van der Waals surface area contributed by atoms with Crippen LogP contribution < -0.4 is 11.1 Å². The van der Waals surface area contributed by atoms with Crippen LogP contribution in [-0.4, -0.2) is 11.0 Å². The summed E-state index contributed by atoms with van der Waals surface area (Å²) in [4.78, 5) is 12.2. The Kier molecular flexibility index (Phi) is 3.99. The van der Waals surface area contributed by atoms with E-state index in [0.29, 0.717) is 11.4 Å². The Morgan fingerprint density at radius 2 is 1.95 bits per heavy atom. The van der Waals surface area contributed by atoms with E-state index in [9.17, 15) is 9.90 Å². The SMILES string of the molecule is Cc1ccc(O)c(C(=O)Nc2cc(N)c(C)cc2Br)c1. The molecule has 0 aromatic heterocycles. The highest BCUT2D eigenvalue weighted by Gasteiger charge is 2.13. The fourth-order valence-electron chi connectivity index (χ4n) is 1.81. The zero-order valence-corrected chi connectivity index (χ0v) is 12.8. The second-order valence-electron chi connectivity index (χ2n) is 4.66. The average Bonchev–Trinajstić information content (AvgIpc) is 2.38. The Morgan fingerprint density at radius 3 is 2.65 bits per heavy atom. The number of hydrogen-bond acceptors (Lipinski definition) is 3. The van der Waals surface area contributed by atoms with Gasteiger partial charge in [-0.05, 0) is 59.6 Å². The number of carbonyl (C=O) groups excluding carboxylic acids is 1. The molecule has 2 rings (SSSR count). The third-order valence-corrected chi connectivity index (χ3v) is 3.66. The first-order valence-corrected chi connectivity index (χ1v) is 6.84. The van der Waals surface area contributed by atoms with Gasteiger partial charge in [0.05, 0.1) is 11.3 Å². The number of hydrogen-bond donors (Lipinski definition) is 3. The van der Waals surface area contributed by atoms with Gasteiger partial charge in [-0.15, -0.1) is 0 Å². The molecule has 0 heterocycles. The number of aromatic hydroxyl groups is 1. The summed E-state index contributed by atoms with van der Waals surface area (Å²) >= 11 is 3.38. The highest BCUT2D eigenvalue weighted by molar-refractivity contribution is 9.10. The number of nitrogen functional groups attached to an aromatic ring is 1. The first-order chi connectivity index (χ1) is 9.38. The number of aryl methyl sites for hydroxylation is 2. The summed E-state index contributed by atoms with van der Waals surface area (Å²) in [6, 6.07) is 8.40. The molecule has 0 spiro atoms. The zero-order valence-electron chi connectivity index (χ0n) is 11.2. The summed E-state index contributed by atoms with van der Waals surface area (Å²) in [6.45, 7) is 3.74. The molecule has 0 saturated carbocycles. The van der Waals surface area contributed by atoms with Crippen molar-refractivity contribution in [1.29, 1.82) is 0 Å². The van der Waals surface area contributed by atoms with Crippen molar-refractivity contribution in [3.05, 3.63) is 51.5 Å². The minimum atomic E-state index is -0.379. The number of amides is 1. The van der Waals surface area contributed by atoms with Gasteiger partial charge in [-0.25, -0.2) is 0 Å². The molecule has 4 nitrogen and oxygen atoms in total. The summed E-state index contributed by atoms with van der Waals surface area (Å²) in [5.41, 5.74) is 9.05. The second kappa shape index (κ2) is 5.54. The first kappa shape index (κ1) is 14.4. The van der Waals surface area contributed by atoms with Crippen molar-refractivity contribution in [2.45, 2.75) is 13.8 Å². The molecule has 0 aliphatic carbocycles. The molecule has 104 valence electrons. The van der Waals surface area contributed by atoms with E-state index in [-0.39, 0.29) is 17.2 Å². The van der Waals surface area contributed by atoms with E-state index >= 15 is 0 Å². The summed E-state index contributed by atoms with van der Waals surface area (Å²) < 4.78 is 0.740. The van der Waals surface area contributed by atoms with Crippen molar-refractivity contribution in [3.63, 3.8) is 0 Å². The number of benzene rings is 2. The molecular formula is C15H15BrN2O2. The van der Waals surface area contributed by atoms with Gasteiger partial charge < -0.3 is 16.2 Å². The molecule has 0 aliphatic heterocycles. The van der Waals surface area contributed by atoms with Crippen LogP contribution in [0.5, 0.6) is 5.75 Å². The van der Waals surface area contributed by atoms with Crippen LogP contribution in [0.15, 0.2) is 34.8 Å². The minimum absolute atomic E-state index is 0.0516. The lowest BCUT2D eigenvalue weighted by atomic mass is 10.1. The van der Waals surface area contributed by atoms with E-state index in [1.807, 2.05) is 19.9 Å². The molecule has 0 aliphatic rings. The number of anilines is 2. The largest absolute Gasteiger partial charge is 0.507 e. The number of phenols is 1. The van der Waals surface area contributed by atoms with Crippen molar-refractivity contribution in [2.24, 2.45) is 0 Å². The average molecular weight is 335 g/mol. The Bertz CT molecular complexity index is 684. The Balaban J connectivity index is 2.32. The van der Waals surface area contributed by atoms with Crippen LogP contribution >= 0.6 is 15.9 Å². The number of halogens is 1. The van der Waals surface area contributed by atoms with Gasteiger partial charge in [0.15, 0.2) is 0 Å². The third kappa shape index (κ3) is 2.93. The highest BCUT2D eigenvalue weighted by atomic mass is 79.9. The summed E-state index contributed by atoms with van der Waals surface area (Å²) in [5, 5.41) is 12.5. The van der Waals surface area contributed by atoms with E-state index in [4.69, 9.17) is 5.73 Å². The van der Waals surface area contributed by atoms with Crippen LogP contribution in [0.3, 0.4) is 0 Å². The fraction of sp³-hybridized carbons (Fsp3) is 0.133. The van der Waals surface area contributed by atoms with Gasteiger partial charge >= 0.3 is 0 Å². The Labute approximate surface area is 125 Å². The van der Waals surface area contributed by atoms with Crippen molar-refractivity contribution >= 4 is 33.2 Å². The van der Waals surface area contributed by atoms with Crippen LogP contribution in [0, 0.1) is 13.8 Å². The van der Waals surface area contributed by atoms with Crippen LogP contribution in [0.2, 0.25) is 0 Å². The lowest BCUT2D eigenvalue weighted by Crippen LogP contribution is -2.13. The smallest absolute Gasteiger partial charge is 0.259 e. The molecule has 2 aromatic rings. The zero-order chi connectivity index (χ0) is 14.9. The van der Waals surface area contributed by atoms with Gasteiger partial charge in [0, 0.05) is 10.2 Å². The van der Waals surface area contributed by atoms with Crippen LogP contribution in [0.25, 0.3) is 0 Å². The fourth-order valence-corrected chi connectivity index (χ4v) is 2.36. The van der Waals surface area contributed by atoms with Gasteiger partial charge in [-0.3, -0.25) is 4.79 Å². The number of phenolic OH excluding ortho intramolecular Hbond substituents is 1. The molecule has 0 bridgehead atoms. The van der Waals surface area contributed by atoms with E-state index in [2.05, 4.69) is 21.2 Å². The molecule has 0 radical (unpaired) electrons. The Morgan fingerprint density at radius 1 is 1.25 bits per heavy atom. The van der Waals surface area contributed by atoms with Crippen molar-refractivity contribution in [3.8, 4) is 5.75 Å². The third-order valence-electron chi connectivity index (χ3n) is 3.00. The minimum Gasteiger partial charge on any atom is -0.507 e. The quantitative estimate of drug-likeness (QED) is 0.734. The van der Waals surface area contributed by atoms with Crippen molar-refractivity contribution < 1.29 is 9.90 Å². The van der Waals surface area contributed by atoms with E-state index in [1.165, 1.54) is 6.07 Å². The normalized spacial score (nSPS) is 10.3. The molecule has 4 N–H and O–H groups in total. The number of rotatable bonds is 2. The van der Waals surface area contributed by atoms with Crippen molar-refractivity contribution in [1.82, 2.24) is 0 Å². The van der Waals surface area contributed by atoms with E-state index in [0.717, 1.165) is 15.6 Å². The molecular weight excluding hydrogens is 320 g/mol. The monoisotopic (exact) mass is 334 g/mol. The van der Waals surface area contributed by atoms with Crippen LogP contribution in [0.1, 0.15) is 21.5 Å². The maximum Gasteiger partial charge on any atom is 0.259 e. The van der Waals surface area contributed by atoms with Gasteiger partial charge in [0.25, 0.3) is 5.91 Å². The highest BCUT2D eigenvalue weighted by Crippen LogP contribution is 2.29. The maximum atomic E-state index is 12.2. The molecule has 0 fully saturated rings. The maximum absolute atomic E-state index is 12.2. The molecule has 5 heteroatoms. The Hall–Kier alpha value is -2.01. The standard InChI is InChI=1S/C15H15BrN2O2/c1-8-3-4-14(19)10(5-8)15(20)18-13-7-12(17)9(2)6-11(13)16/h3-7,19H,17H2,1-2H3,(H,18,20). The molecule has 0 atom stereocenters. The lowest BCUT2D eigenvalue weighted by Gasteiger charge is -2.11. The molecule has 0 unspecified atom stereocenters. The molecule has 20 heavy (non-hydrogen) atoms. The molecule has 2 aromatic carbocycles. The second-order valence-corrected chi connectivity index (χ2v) is 5.52. The van der Waals surface area contributed by atoms with Crippen LogP contribution in [0.4, 0.5) is 11.4 Å². The summed E-state index contributed by atoms with van der Waals surface area (Å²) in [6.07, 6.45) is 0. The molecule has 0 saturated heterocycles. The van der Waals surface area contributed by atoms with Gasteiger partial charge in [0.1, 0.15) is 5.75 Å². The van der Waals surface area contributed by atoms with Crippen molar-refractivity contribution in [2.75, 3.05) is 11.1 Å². The predicted octanol–water partition coefficient (Wildman–Crippen LogP) is 3.61.